The zero-order chi connectivity index (χ0) is 14.4. The van der Waals surface area contributed by atoms with Crippen LogP contribution >= 0.6 is 27.3 Å². The number of halogens is 1. The predicted molar refractivity (Wildman–Crippen MR) is 83.4 cm³/mol. The largest absolute Gasteiger partial charge is 0.347 e. The maximum Gasteiger partial charge on any atom is 0.253 e. The third-order valence-electron chi connectivity index (χ3n) is 2.39. The first-order valence-electron chi connectivity index (χ1n) is 5.85. The Morgan fingerprint density at radius 1 is 1.45 bits per heavy atom. The average molecular weight is 350 g/mol. The van der Waals surface area contributed by atoms with Crippen LogP contribution in [0.5, 0.6) is 0 Å². The Labute approximate surface area is 129 Å². The Kier molecular flexibility index (Phi) is 5.30. The van der Waals surface area contributed by atoms with E-state index in [-0.39, 0.29) is 12.5 Å². The number of carbonyl (C=O) groups excluding carboxylic acids is 1. The van der Waals surface area contributed by atoms with Crippen molar-refractivity contribution in [3.05, 3.63) is 50.4 Å². The van der Waals surface area contributed by atoms with Crippen molar-refractivity contribution in [2.45, 2.75) is 6.54 Å². The molecule has 20 heavy (non-hydrogen) atoms. The van der Waals surface area contributed by atoms with Crippen molar-refractivity contribution in [1.82, 2.24) is 10.3 Å². The first-order valence-corrected chi connectivity index (χ1v) is 7.46. The zero-order valence-electron chi connectivity index (χ0n) is 10.5. The molecular formula is C14H12BrN3OS. The van der Waals surface area contributed by atoms with Crippen molar-refractivity contribution in [2.24, 2.45) is 5.73 Å². The molecule has 0 atom stereocenters. The van der Waals surface area contributed by atoms with Crippen LogP contribution in [0.25, 0.3) is 0 Å². The minimum atomic E-state index is -0.168. The highest BCUT2D eigenvalue weighted by Crippen LogP contribution is 2.21. The summed E-state index contributed by atoms with van der Waals surface area (Å²) in [4.78, 5) is 17.1. The van der Waals surface area contributed by atoms with Crippen LogP contribution in [0.1, 0.15) is 20.8 Å². The second kappa shape index (κ2) is 7.20. The van der Waals surface area contributed by atoms with Gasteiger partial charge in [0, 0.05) is 22.8 Å². The molecule has 0 unspecified atom stereocenters. The molecule has 2 aromatic heterocycles. The number of amides is 1. The highest BCUT2D eigenvalue weighted by Gasteiger charge is 2.07. The van der Waals surface area contributed by atoms with Gasteiger partial charge >= 0.3 is 0 Å². The van der Waals surface area contributed by atoms with Crippen LogP contribution < -0.4 is 11.1 Å². The lowest BCUT2D eigenvalue weighted by atomic mass is 10.2. The number of pyridine rings is 1. The topological polar surface area (TPSA) is 68.0 Å². The minimum Gasteiger partial charge on any atom is -0.347 e. The van der Waals surface area contributed by atoms with Gasteiger partial charge in [-0.25, -0.2) is 0 Å². The van der Waals surface area contributed by atoms with Crippen molar-refractivity contribution >= 4 is 33.2 Å². The monoisotopic (exact) mass is 349 g/mol. The van der Waals surface area contributed by atoms with E-state index in [0.29, 0.717) is 17.7 Å². The summed E-state index contributed by atoms with van der Waals surface area (Å²) in [5.41, 5.74) is 6.48. The molecule has 0 saturated heterocycles. The van der Waals surface area contributed by atoms with E-state index in [1.165, 1.54) is 6.20 Å². The van der Waals surface area contributed by atoms with Crippen molar-refractivity contribution in [3.63, 3.8) is 0 Å². The fraction of sp³-hybridized carbons (Fsp3) is 0.143. The molecule has 102 valence electrons. The van der Waals surface area contributed by atoms with Gasteiger partial charge in [-0.15, -0.1) is 11.3 Å². The molecule has 1 amide bonds. The maximum absolute atomic E-state index is 12.0. The number of hydrogen-bond acceptors (Lipinski definition) is 4. The van der Waals surface area contributed by atoms with E-state index in [1.807, 2.05) is 12.1 Å². The molecule has 2 aromatic rings. The molecule has 0 bridgehead atoms. The van der Waals surface area contributed by atoms with Crippen LogP contribution in [0.4, 0.5) is 0 Å². The fourth-order valence-corrected chi connectivity index (χ4v) is 2.92. The second-order valence-electron chi connectivity index (χ2n) is 3.86. The molecule has 0 fully saturated rings. The number of nitrogens with two attached hydrogens (primary N) is 1. The lowest BCUT2D eigenvalue weighted by Gasteiger charge is -2.03. The van der Waals surface area contributed by atoms with E-state index in [1.54, 1.807) is 23.6 Å². The van der Waals surface area contributed by atoms with Crippen LogP contribution in [0.3, 0.4) is 0 Å². The van der Waals surface area contributed by atoms with Gasteiger partial charge in [0.2, 0.25) is 0 Å². The van der Waals surface area contributed by atoms with Crippen molar-refractivity contribution < 1.29 is 4.79 Å². The number of aromatic nitrogens is 1. The number of hydrogen-bond donors (Lipinski definition) is 2. The Morgan fingerprint density at radius 2 is 2.30 bits per heavy atom. The number of nitrogens with one attached hydrogen (secondary N) is 1. The molecule has 6 heteroatoms. The smallest absolute Gasteiger partial charge is 0.253 e. The van der Waals surface area contributed by atoms with E-state index < -0.39 is 0 Å². The molecule has 0 saturated carbocycles. The summed E-state index contributed by atoms with van der Waals surface area (Å²) in [5, 5.41) is 2.85. The fourth-order valence-electron chi connectivity index (χ4n) is 1.50. The highest BCUT2D eigenvalue weighted by atomic mass is 79.9. The number of thiophene rings is 1. The van der Waals surface area contributed by atoms with Gasteiger partial charge in [-0.2, -0.15) is 0 Å². The van der Waals surface area contributed by atoms with Crippen LogP contribution in [-0.4, -0.2) is 17.4 Å². The Bertz CT molecular complexity index is 672. The first-order chi connectivity index (χ1) is 9.69. The molecule has 0 aliphatic heterocycles. The Balaban J connectivity index is 2.01. The molecule has 0 aromatic carbocycles. The molecule has 0 radical (unpaired) electrons. The molecule has 4 nitrogen and oxygen atoms in total. The van der Waals surface area contributed by atoms with Crippen LogP contribution in [0.15, 0.2) is 34.4 Å². The quantitative estimate of drug-likeness (QED) is 0.834. The molecule has 0 aliphatic rings. The Morgan fingerprint density at radius 3 is 3.00 bits per heavy atom. The predicted octanol–water partition coefficient (Wildman–Crippen LogP) is 2.15. The summed E-state index contributed by atoms with van der Waals surface area (Å²) in [7, 11) is 0. The summed E-state index contributed by atoms with van der Waals surface area (Å²) in [6, 6.07) is 5.63. The lowest BCUT2D eigenvalue weighted by Crippen LogP contribution is -2.22. The average Bonchev–Trinajstić information content (AvgIpc) is 2.88. The molecule has 2 rings (SSSR count). The van der Waals surface area contributed by atoms with Crippen LogP contribution in [0.2, 0.25) is 0 Å². The summed E-state index contributed by atoms with van der Waals surface area (Å²) in [6.45, 7) is 0.775. The summed E-state index contributed by atoms with van der Waals surface area (Å²) in [5.74, 6) is 5.42. The van der Waals surface area contributed by atoms with Gasteiger partial charge in [0.1, 0.15) is 0 Å². The highest BCUT2D eigenvalue weighted by molar-refractivity contribution is 9.11. The summed E-state index contributed by atoms with van der Waals surface area (Å²) in [6.07, 6.45) is 3.13. The number of carbonyl (C=O) groups is 1. The minimum absolute atomic E-state index is 0.168. The van der Waals surface area contributed by atoms with Crippen LogP contribution in [-0.2, 0) is 6.54 Å². The third kappa shape index (κ3) is 4.17. The van der Waals surface area contributed by atoms with E-state index in [0.717, 1.165) is 8.66 Å². The molecule has 0 spiro atoms. The SMILES string of the molecule is NCC#Cc1cncc(C(=O)NCc2ccc(Br)s2)c1. The van der Waals surface area contributed by atoms with Gasteiger partial charge in [-0.1, -0.05) is 11.8 Å². The maximum atomic E-state index is 12.0. The van der Waals surface area contributed by atoms with E-state index in [9.17, 15) is 4.79 Å². The van der Waals surface area contributed by atoms with Gasteiger partial charge in [0.25, 0.3) is 5.91 Å². The Hall–Kier alpha value is -1.68. The summed E-state index contributed by atoms with van der Waals surface area (Å²) < 4.78 is 1.04. The van der Waals surface area contributed by atoms with Crippen LogP contribution in [0, 0.1) is 11.8 Å². The molecule has 3 N–H and O–H groups in total. The molecule has 0 aliphatic carbocycles. The normalized spacial score (nSPS) is 9.70. The third-order valence-corrected chi connectivity index (χ3v) is 4.01. The molecule has 2 heterocycles. The number of nitrogens with zero attached hydrogens (tertiary/aromatic N) is 1. The zero-order valence-corrected chi connectivity index (χ0v) is 12.9. The van der Waals surface area contributed by atoms with Crippen molar-refractivity contribution in [2.75, 3.05) is 6.54 Å². The van der Waals surface area contributed by atoms with Gasteiger partial charge in [-0.3, -0.25) is 9.78 Å². The van der Waals surface area contributed by atoms with E-state index in [4.69, 9.17) is 5.73 Å². The standard InChI is InChI=1S/C14H12BrN3OS/c15-13-4-3-12(20-13)9-18-14(19)11-6-10(2-1-5-16)7-17-8-11/h3-4,6-8H,5,9,16H2,(H,18,19). The van der Waals surface area contributed by atoms with E-state index in [2.05, 4.69) is 38.1 Å². The van der Waals surface area contributed by atoms with Gasteiger partial charge in [0.05, 0.1) is 22.4 Å². The summed E-state index contributed by atoms with van der Waals surface area (Å²) >= 11 is 4.98. The van der Waals surface area contributed by atoms with Crippen molar-refractivity contribution in [3.8, 4) is 11.8 Å². The van der Waals surface area contributed by atoms with Gasteiger partial charge in [0.15, 0.2) is 0 Å². The van der Waals surface area contributed by atoms with Gasteiger partial charge < -0.3 is 11.1 Å². The first kappa shape index (κ1) is 14.7. The molecular weight excluding hydrogens is 338 g/mol. The second-order valence-corrected chi connectivity index (χ2v) is 6.40. The lowest BCUT2D eigenvalue weighted by molar-refractivity contribution is 0.0951. The number of rotatable bonds is 3. The van der Waals surface area contributed by atoms with Gasteiger partial charge in [-0.05, 0) is 34.1 Å². The van der Waals surface area contributed by atoms with E-state index >= 15 is 0 Å². The van der Waals surface area contributed by atoms with Crippen molar-refractivity contribution in [1.29, 1.82) is 0 Å².